The monoisotopic (exact) mass is 518 g/mol. The highest BCUT2D eigenvalue weighted by molar-refractivity contribution is 14.0. The number of amides is 1. The third-order valence-corrected chi connectivity index (χ3v) is 4.71. The van der Waals surface area contributed by atoms with E-state index < -0.39 is 0 Å². The summed E-state index contributed by atoms with van der Waals surface area (Å²) in [7, 11) is 3.20. The van der Waals surface area contributed by atoms with Crippen molar-refractivity contribution in [2.75, 3.05) is 40.4 Å². The van der Waals surface area contributed by atoms with E-state index in [0.717, 1.165) is 44.1 Å². The van der Waals surface area contributed by atoms with Crippen molar-refractivity contribution in [3.8, 4) is 5.75 Å². The summed E-state index contributed by atoms with van der Waals surface area (Å²) in [5, 5.41) is 6.81. The van der Waals surface area contributed by atoms with Gasteiger partial charge in [0, 0.05) is 32.7 Å². The van der Waals surface area contributed by atoms with Crippen LogP contribution in [0.2, 0.25) is 0 Å². The molecule has 0 unspecified atom stereocenters. The molecule has 164 valence electrons. The van der Waals surface area contributed by atoms with Crippen molar-refractivity contribution < 1.29 is 14.3 Å². The quantitative estimate of drug-likeness (QED) is 0.329. The molecule has 0 aliphatic carbocycles. The molecule has 0 bridgehead atoms. The minimum atomic E-state index is -0.249. The van der Waals surface area contributed by atoms with Crippen LogP contribution in [0.5, 0.6) is 5.75 Å². The van der Waals surface area contributed by atoms with E-state index in [0.29, 0.717) is 25.0 Å². The van der Waals surface area contributed by atoms with Crippen molar-refractivity contribution in [2.45, 2.75) is 39.2 Å². The molecule has 1 saturated heterocycles. The van der Waals surface area contributed by atoms with Crippen LogP contribution in [0.15, 0.2) is 29.3 Å². The largest absolute Gasteiger partial charge is 0.493 e. The molecular weight excluding hydrogens is 483 g/mol. The number of hydrogen-bond acceptors (Lipinski definition) is 4. The van der Waals surface area contributed by atoms with E-state index in [9.17, 15) is 4.79 Å². The molecular formula is C21H35IN4O3. The molecule has 0 saturated carbocycles. The fourth-order valence-corrected chi connectivity index (χ4v) is 3.06. The van der Waals surface area contributed by atoms with Crippen LogP contribution in [-0.2, 0) is 11.2 Å². The Hall–Kier alpha value is -1.71. The number of carbonyl (C=O) groups excluding carboxylic acids is 1. The topological polar surface area (TPSA) is 75.2 Å². The van der Waals surface area contributed by atoms with Gasteiger partial charge in [-0.25, -0.2) is 4.79 Å². The molecule has 1 aliphatic rings. The highest BCUT2D eigenvalue weighted by Crippen LogP contribution is 2.14. The van der Waals surface area contributed by atoms with Gasteiger partial charge in [-0.15, -0.1) is 24.0 Å². The molecule has 7 nitrogen and oxygen atoms in total. The predicted octanol–water partition coefficient (Wildman–Crippen LogP) is 3.28. The smallest absolute Gasteiger partial charge is 0.409 e. The summed E-state index contributed by atoms with van der Waals surface area (Å²) in [6, 6.07) is 8.58. The highest BCUT2D eigenvalue weighted by Gasteiger charge is 2.23. The number of methoxy groups -OCH3 is 1. The van der Waals surface area contributed by atoms with Crippen LogP contribution in [0.3, 0.4) is 0 Å². The summed E-state index contributed by atoms with van der Waals surface area (Å²) in [4.78, 5) is 17.6. The molecule has 2 rings (SSSR count). The number of halogens is 1. The number of piperidine rings is 1. The normalized spacial score (nSPS) is 14.9. The van der Waals surface area contributed by atoms with Gasteiger partial charge >= 0.3 is 6.09 Å². The molecule has 0 atom stereocenters. The average Bonchev–Trinajstić information content (AvgIpc) is 2.72. The molecule has 0 aromatic heterocycles. The molecule has 1 fully saturated rings. The van der Waals surface area contributed by atoms with Gasteiger partial charge in [0.2, 0.25) is 0 Å². The van der Waals surface area contributed by atoms with E-state index in [1.807, 2.05) is 12.1 Å². The maximum atomic E-state index is 11.6. The van der Waals surface area contributed by atoms with Gasteiger partial charge in [-0.2, -0.15) is 0 Å². The second-order valence-electron chi connectivity index (χ2n) is 7.47. The van der Waals surface area contributed by atoms with Crippen molar-refractivity contribution in [2.24, 2.45) is 10.9 Å². The summed E-state index contributed by atoms with van der Waals surface area (Å²) in [6.07, 6.45) is 2.43. The molecule has 1 aromatic carbocycles. The molecule has 1 aliphatic heterocycles. The van der Waals surface area contributed by atoms with Gasteiger partial charge < -0.3 is 25.0 Å². The second-order valence-corrected chi connectivity index (χ2v) is 7.47. The van der Waals surface area contributed by atoms with Crippen LogP contribution >= 0.6 is 24.0 Å². The van der Waals surface area contributed by atoms with Crippen LogP contribution in [0.1, 0.15) is 32.3 Å². The lowest BCUT2D eigenvalue weighted by molar-refractivity contribution is 0.111. The Kier molecular flexibility index (Phi) is 11.8. The zero-order chi connectivity index (χ0) is 20.4. The Labute approximate surface area is 191 Å². The molecule has 0 spiro atoms. The van der Waals surface area contributed by atoms with Crippen LogP contribution in [0.25, 0.3) is 0 Å². The Balaban J connectivity index is 0.00000420. The van der Waals surface area contributed by atoms with Crippen LogP contribution < -0.4 is 15.4 Å². The Morgan fingerprint density at radius 2 is 1.90 bits per heavy atom. The van der Waals surface area contributed by atoms with E-state index in [-0.39, 0.29) is 30.1 Å². The van der Waals surface area contributed by atoms with Gasteiger partial charge in [-0.1, -0.05) is 26.0 Å². The van der Waals surface area contributed by atoms with Gasteiger partial charge in [-0.3, -0.25) is 4.99 Å². The fraction of sp³-hybridized carbons (Fsp3) is 0.619. The molecule has 0 radical (unpaired) electrons. The first-order valence-corrected chi connectivity index (χ1v) is 10.0. The molecule has 1 aromatic rings. The molecule has 2 N–H and O–H groups in total. The molecule has 1 amide bonds. The summed E-state index contributed by atoms with van der Waals surface area (Å²) < 4.78 is 10.5. The summed E-state index contributed by atoms with van der Waals surface area (Å²) in [5.41, 5.74) is 1.26. The summed E-state index contributed by atoms with van der Waals surface area (Å²) in [5.74, 6) is 2.24. The van der Waals surface area contributed by atoms with Crippen LogP contribution in [0.4, 0.5) is 4.79 Å². The lowest BCUT2D eigenvalue weighted by Crippen LogP contribution is -2.50. The fourth-order valence-electron chi connectivity index (χ4n) is 3.06. The van der Waals surface area contributed by atoms with Gasteiger partial charge in [0.25, 0.3) is 0 Å². The number of hydrogen-bond donors (Lipinski definition) is 2. The predicted molar refractivity (Wildman–Crippen MR) is 127 cm³/mol. The number of aliphatic imine (C=N–C) groups is 1. The van der Waals surface area contributed by atoms with Gasteiger partial charge in [0.1, 0.15) is 5.75 Å². The minimum absolute atomic E-state index is 0. The second kappa shape index (κ2) is 13.5. The number of nitrogens with zero attached hydrogens (tertiary/aromatic N) is 2. The number of rotatable bonds is 7. The van der Waals surface area contributed by atoms with E-state index in [1.54, 1.807) is 11.9 Å². The van der Waals surface area contributed by atoms with E-state index in [4.69, 9.17) is 9.47 Å². The maximum absolute atomic E-state index is 11.6. The average molecular weight is 518 g/mol. The van der Waals surface area contributed by atoms with E-state index >= 15 is 0 Å². The Morgan fingerprint density at radius 3 is 2.45 bits per heavy atom. The molecule has 1 heterocycles. The zero-order valence-corrected chi connectivity index (χ0v) is 20.3. The Morgan fingerprint density at radius 1 is 1.24 bits per heavy atom. The van der Waals surface area contributed by atoms with Crippen LogP contribution in [-0.4, -0.2) is 63.4 Å². The summed E-state index contributed by atoms with van der Waals surface area (Å²) >= 11 is 0. The third kappa shape index (κ3) is 9.10. The number of benzene rings is 1. The minimum Gasteiger partial charge on any atom is -0.493 e. The SMILES string of the molecule is CN=C(NCCc1ccc(OCC(C)C)cc1)NC1CCN(C(=O)OC)CC1.I. The van der Waals surface area contributed by atoms with E-state index in [2.05, 4.69) is 41.6 Å². The van der Waals surface area contributed by atoms with Crippen molar-refractivity contribution in [3.05, 3.63) is 29.8 Å². The van der Waals surface area contributed by atoms with Gasteiger partial charge in [0.15, 0.2) is 5.96 Å². The third-order valence-electron chi connectivity index (χ3n) is 4.71. The first-order valence-electron chi connectivity index (χ1n) is 10.0. The first-order chi connectivity index (χ1) is 13.5. The Bertz CT molecular complexity index is 629. The van der Waals surface area contributed by atoms with Crippen molar-refractivity contribution in [1.82, 2.24) is 15.5 Å². The van der Waals surface area contributed by atoms with Crippen molar-refractivity contribution in [1.29, 1.82) is 0 Å². The maximum Gasteiger partial charge on any atom is 0.409 e. The van der Waals surface area contributed by atoms with Crippen molar-refractivity contribution >= 4 is 36.0 Å². The van der Waals surface area contributed by atoms with Crippen molar-refractivity contribution in [3.63, 3.8) is 0 Å². The first kappa shape index (κ1) is 25.3. The number of guanidine groups is 1. The van der Waals surface area contributed by atoms with Gasteiger partial charge in [-0.05, 0) is 42.9 Å². The van der Waals surface area contributed by atoms with Gasteiger partial charge in [0.05, 0.1) is 13.7 Å². The standard InChI is InChI=1S/C21H34N4O3.HI/c1-16(2)15-28-19-7-5-17(6-8-19)9-12-23-20(22-3)24-18-10-13-25(14-11-18)21(26)27-4;/h5-8,16,18H,9-15H2,1-4H3,(H2,22,23,24);1H. The molecule has 29 heavy (non-hydrogen) atoms. The highest BCUT2D eigenvalue weighted by atomic mass is 127. The van der Waals surface area contributed by atoms with E-state index in [1.165, 1.54) is 12.7 Å². The lowest BCUT2D eigenvalue weighted by Gasteiger charge is -2.32. The number of ether oxygens (including phenoxy) is 2. The number of carbonyl (C=O) groups is 1. The molecule has 8 heteroatoms. The lowest BCUT2D eigenvalue weighted by atomic mass is 10.1. The summed E-state index contributed by atoms with van der Waals surface area (Å²) in [6.45, 7) is 7.22. The zero-order valence-electron chi connectivity index (χ0n) is 17.9. The van der Waals surface area contributed by atoms with Crippen LogP contribution in [0, 0.1) is 5.92 Å². The number of likely N-dealkylation sites (tertiary alicyclic amines) is 1. The number of nitrogens with one attached hydrogen (secondary N) is 2.